The third-order valence-corrected chi connectivity index (χ3v) is 9.60. The van der Waals surface area contributed by atoms with Gasteiger partial charge in [0.2, 0.25) is 0 Å². The average molecular weight is 393 g/mol. The minimum atomic E-state index is -1.32. The van der Waals surface area contributed by atoms with E-state index in [9.17, 15) is 19.8 Å². The van der Waals surface area contributed by atoms with Crippen molar-refractivity contribution < 1.29 is 24.5 Å². The fourth-order valence-corrected chi connectivity index (χ4v) is 8.23. The highest BCUT2D eigenvalue weighted by Crippen LogP contribution is 2.68. The highest BCUT2D eigenvalue weighted by atomic mass is 16.5. The predicted octanol–water partition coefficient (Wildman–Crippen LogP) is 3.25. The monoisotopic (exact) mass is 392 g/mol. The highest BCUT2D eigenvalue weighted by Gasteiger charge is 2.69. The fraction of sp³-hybridized carbons (Fsp3) is 0.913. The second-order valence-electron chi connectivity index (χ2n) is 10.7. The lowest BCUT2D eigenvalue weighted by atomic mass is 9.43. The third kappa shape index (κ3) is 2.64. The van der Waals surface area contributed by atoms with Gasteiger partial charge >= 0.3 is 5.97 Å². The molecule has 0 aromatic rings. The Morgan fingerprint density at radius 3 is 2.39 bits per heavy atom. The molecule has 4 rings (SSSR count). The van der Waals surface area contributed by atoms with E-state index in [0.717, 1.165) is 38.5 Å². The van der Waals surface area contributed by atoms with Gasteiger partial charge in [0.05, 0.1) is 6.10 Å². The van der Waals surface area contributed by atoms with Crippen LogP contribution in [0.25, 0.3) is 0 Å². The number of Topliss-reactive ketones (excluding diaryl/α,β-unsaturated/α-hetero) is 1. The van der Waals surface area contributed by atoms with Crippen molar-refractivity contribution in [3.63, 3.8) is 0 Å². The number of ketones is 1. The Labute approximate surface area is 168 Å². The average Bonchev–Trinajstić information content (AvgIpc) is 2.87. The van der Waals surface area contributed by atoms with Crippen LogP contribution in [0.3, 0.4) is 0 Å². The van der Waals surface area contributed by atoms with E-state index in [2.05, 4.69) is 13.8 Å². The zero-order valence-corrected chi connectivity index (χ0v) is 17.7. The van der Waals surface area contributed by atoms with E-state index in [1.807, 2.05) is 0 Å². The molecule has 2 N–H and O–H groups in total. The van der Waals surface area contributed by atoms with Crippen LogP contribution in [0.5, 0.6) is 0 Å². The molecule has 0 aliphatic heterocycles. The number of carbonyl (C=O) groups excluding carboxylic acids is 2. The van der Waals surface area contributed by atoms with Gasteiger partial charge in [-0.2, -0.15) is 0 Å². The number of hydrogen-bond donors (Lipinski definition) is 2. The predicted molar refractivity (Wildman–Crippen MR) is 104 cm³/mol. The molecule has 0 bridgehead atoms. The molecule has 0 spiro atoms. The van der Waals surface area contributed by atoms with Crippen LogP contribution in [0.1, 0.15) is 79.1 Å². The van der Waals surface area contributed by atoms with Crippen LogP contribution < -0.4 is 0 Å². The van der Waals surface area contributed by atoms with Crippen LogP contribution in [0, 0.1) is 34.5 Å². The second kappa shape index (κ2) is 6.53. The maximum Gasteiger partial charge on any atom is 0.302 e. The van der Waals surface area contributed by atoms with Crippen molar-refractivity contribution in [2.45, 2.75) is 96.9 Å². The van der Waals surface area contributed by atoms with E-state index in [-0.39, 0.29) is 41.2 Å². The summed E-state index contributed by atoms with van der Waals surface area (Å²) in [5, 5.41) is 21.6. The molecule has 0 aromatic carbocycles. The maximum atomic E-state index is 12.5. The molecule has 4 aliphatic rings. The third-order valence-electron chi connectivity index (χ3n) is 9.60. The molecule has 9 atom stereocenters. The first-order valence-electron chi connectivity index (χ1n) is 11.1. The molecule has 0 unspecified atom stereocenters. The van der Waals surface area contributed by atoms with Crippen molar-refractivity contribution in [1.29, 1.82) is 0 Å². The van der Waals surface area contributed by atoms with Crippen molar-refractivity contribution in [2.75, 3.05) is 0 Å². The van der Waals surface area contributed by atoms with Gasteiger partial charge in [0, 0.05) is 18.3 Å². The maximum absolute atomic E-state index is 12.5. The Kier molecular flexibility index (Phi) is 4.74. The van der Waals surface area contributed by atoms with Crippen molar-refractivity contribution in [2.24, 2.45) is 34.5 Å². The van der Waals surface area contributed by atoms with Gasteiger partial charge in [-0.1, -0.05) is 13.8 Å². The number of fused-ring (bicyclic) bond motifs is 5. The molecule has 0 amide bonds. The standard InChI is InChI=1S/C23H36O5/c1-13(24)23(27)10-8-18-17-6-5-15-11-16(26)7-9-21(15,3)20(17)19(28-14(2)25)12-22(18,23)4/h15-20,26-27H,5-12H2,1-4H3/t15-,16-,17-,18-,19+,20+,21-,22-,23+/m0/s1. The Bertz CT molecular complexity index is 676. The SMILES string of the molecule is CC(=O)O[C@@H]1C[C@@]2(C)[C@@H](CC[C@@]2(O)C(C)=O)[C@@H]2CC[C@H]3C[C@@H](O)CC[C@]3(C)[C@H]21. The topological polar surface area (TPSA) is 83.8 Å². The lowest BCUT2D eigenvalue weighted by Gasteiger charge is -2.63. The van der Waals surface area contributed by atoms with Crippen LogP contribution in [0.15, 0.2) is 0 Å². The summed E-state index contributed by atoms with van der Waals surface area (Å²) in [5.41, 5.74) is -1.82. The van der Waals surface area contributed by atoms with Gasteiger partial charge in [-0.15, -0.1) is 0 Å². The van der Waals surface area contributed by atoms with E-state index in [1.165, 1.54) is 13.8 Å². The van der Waals surface area contributed by atoms with Gasteiger partial charge in [-0.3, -0.25) is 9.59 Å². The Morgan fingerprint density at radius 2 is 1.75 bits per heavy atom. The second-order valence-corrected chi connectivity index (χ2v) is 10.7. The molecular formula is C23H36O5. The Hall–Kier alpha value is -0.940. The van der Waals surface area contributed by atoms with E-state index in [4.69, 9.17) is 4.74 Å². The first-order chi connectivity index (χ1) is 13.0. The molecule has 28 heavy (non-hydrogen) atoms. The van der Waals surface area contributed by atoms with Crippen molar-refractivity contribution >= 4 is 11.8 Å². The van der Waals surface area contributed by atoms with Crippen LogP contribution in [-0.4, -0.2) is 39.8 Å². The van der Waals surface area contributed by atoms with Crippen LogP contribution in [0.2, 0.25) is 0 Å². The van der Waals surface area contributed by atoms with Crippen molar-refractivity contribution in [1.82, 2.24) is 0 Å². The number of hydrogen-bond acceptors (Lipinski definition) is 5. The summed E-state index contributed by atoms with van der Waals surface area (Å²) in [7, 11) is 0. The molecule has 0 saturated heterocycles. The summed E-state index contributed by atoms with van der Waals surface area (Å²) in [5.74, 6) is 0.897. The van der Waals surface area contributed by atoms with Gasteiger partial charge in [0.25, 0.3) is 0 Å². The van der Waals surface area contributed by atoms with Gasteiger partial charge in [0.1, 0.15) is 11.7 Å². The summed E-state index contributed by atoms with van der Waals surface area (Å²) in [6, 6.07) is 0. The Morgan fingerprint density at radius 1 is 1.04 bits per heavy atom. The highest BCUT2D eigenvalue weighted by molar-refractivity contribution is 5.86. The van der Waals surface area contributed by atoms with Gasteiger partial charge in [0.15, 0.2) is 5.78 Å². The summed E-state index contributed by atoms with van der Waals surface area (Å²) in [6.45, 7) is 7.35. The lowest BCUT2D eigenvalue weighted by Crippen LogP contribution is -2.63. The molecule has 0 radical (unpaired) electrons. The van der Waals surface area contributed by atoms with Crippen molar-refractivity contribution in [3.8, 4) is 0 Å². The van der Waals surface area contributed by atoms with Gasteiger partial charge in [-0.25, -0.2) is 0 Å². The zero-order valence-electron chi connectivity index (χ0n) is 17.7. The van der Waals surface area contributed by atoms with Crippen molar-refractivity contribution in [3.05, 3.63) is 0 Å². The van der Waals surface area contributed by atoms with Gasteiger partial charge < -0.3 is 14.9 Å². The molecule has 4 fully saturated rings. The zero-order chi connectivity index (χ0) is 20.5. The molecular weight excluding hydrogens is 356 g/mol. The normalized spacial score (nSPS) is 52.9. The molecule has 5 nitrogen and oxygen atoms in total. The summed E-state index contributed by atoms with van der Waals surface area (Å²) in [6.07, 6.45) is 6.16. The molecule has 0 aromatic heterocycles. The summed E-state index contributed by atoms with van der Waals surface area (Å²) >= 11 is 0. The summed E-state index contributed by atoms with van der Waals surface area (Å²) < 4.78 is 5.92. The quantitative estimate of drug-likeness (QED) is 0.705. The van der Waals surface area contributed by atoms with Crippen LogP contribution in [0.4, 0.5) is 0 Å². The van der Waals surface area contributed by atoms with E-state index < -0.39 is 11.0 Å². The molecule has 5 heteroatoms. The molecule has 4 aliphatic carbocycles. The van der Waals surface area contributed by atoms with E-state index in [1.54, 1.807) is 0 Å². The minimum absolute atomic E-state index is 0.0422. The van der Waals surface area contributed by atoms with Crippen LogP contribution in [-0.2, 0) is 14.3 Å². The summed E-state index contributed by atoms with van der Waals surface area (Å²) in [4.78, 5) is 24.5. The lowest BCUT2D eigenvalue weighted by molar-refractivity contribution is -0.212. The number of aliphatic hydroxyl groups excluding tert-OH is 1. The number of rotatable bonds is 2. The van der Waals surface area contributed by atoms with Gasteiger partial charge in [-0.05, 0) is 81.5 Å². The number of esters is 1. The first-order valence-corrected chi connectivity index (χ1v) is 11.1. The largest absolute Gasteiger partial charge is 0.462 e. The van der Waals surface area contributed by atoms with E-state index in [0.29, 0.717) is 24.7 Å². The number of aliphatic hydroxyl groups is 2. The van der Waals surface area contributed by atoms with E-state index >= 15 is 0 Å². The van der Waals surface area contributed by atoms with Crippen LogP contribution >= 0.6 is 0 Å². The number of carbonyl (C=O) groups is 2. The molecule has 0 heterocycles. The first kappa shape index (κ1) is 20.3. The Balaban J connectivity index is 1.76. The minimum Gasteiger partial charge on any atom is -0.462 e. The number of ether oxygens (including phenoxy) is 1. The smallest absolute Gasteiger partial charge is 0.302 e. The molecule has 4 saturated carbocycles. The molecule has 158 valence electrons. The fourth-order valence-electron chi connectivity index (χ4n) is 8.23.